The molecule has 0 amide bonds. The van der Waals surface area contributed by atoms with Crippen LogP contribution in [0.15, 0.2) is 134 Å². The average Bonchev–Trinajstić information content (AvgIpc) is 3.53. The zero-order chi connectivity index (χ0) is 25.1. The number of para-hydroxylation sites is 2. The monoisotopic (exact) mass is 502 g/mol. The van der Waals surface area contributed by atoms with Crippen LogP contribution in [0.25, 0.3) is 69.9 Å². The number of aromatic nitrogens is 2. The van der Waals surface area contributed by atoms with E-state index < -0.39 is 0 Å². The highest BCUT2D eigenvalue weighted by Crippen LogP contribution is 2.40. The fourth-order valence-corrected chi connectivity index (χ4v) is 6.98. The van der Waals surface area contributed by atoms with Gasteiger partial charge in [0.25, 0.3) is 0 Å². The van der Waals surface area contributed by atoms with E-state index in [2.05, 4.69) is 131 Å². The Bertz CT molecular complexity index is 2090. The number of hydrogen-bond donors (Lipinski definition) is 0. The highest BCUT2D eigenvalue weighted by molar-refractivity contribution is 7.26. The minimum atomic E-state index is 1.17. The topological polar surface area (TPSA) is 17.8 Å². The molecule has 0 spiro atoms. The number of rotatable bonds is 3. The van der Waals surface area contributed by atoms with E-state index in [0.29, 0.717) is 0 Å². The van der Waals surface area contributed by atoms with Gasteiger partial charge in [-0.3, -0.25) is 4.98 Å². The van der Waals surface area contributed by atoms with Crippen molar-refractivity contribution in [2.45, 2.75) is 0 Å². The number of hydrogen-bond acceptors (Lipinski definition) is 2. The van der Waals surface area contributed by atoms with Gasteiger partial charge in [0.2, 0.25) is 0 Å². The first-order valence-corrected chi connectivity index (χ1v) is 13.6. The summed E-state index contributed by atoms with van der Waals surface area (Å²) in [5, 5.41) is 5.13. The third kappa shape index (κ3) is 3.22. The van der Waals surface area contributed by atoms with Crippen molar-refractivity contribution in [3.8, 4) is 27.9 Å². The van der Waals surface area contributed by atoms with Crippen LogP contribution in [0.4, 0.5) is 0 Å². The van der Waals surface area contributed by atoms with Crippen molar-refractivity contribution >= 4 is 53.3 Å². The van der Waals surface area contributed by atoms with Gasteiger partial charge < -0.3 is 4.57 Å². The fourth-order valence-electron chi connectivity index (χ4n) is 5.77. The lowest BCUT2D eigenvalue weighted by Crippen LogP contribution is -1.94. The Hall–Kier alpha value is -4.73. The third-order valence-electron chi connectivity index (χ3n) is 7.49. The molecule has 8 aromatic rings. The Morgan fingerprint density at radius 1 is 0.526 bits per heavy atom. The summed E-state index contributed by atoms with van der Waals surface area (Å²) in [7, 11) is 0. The van der Waals surface area contributed by atoms with Crippen LogP contribution in [0.5, 0.6) is 0 Å². The maximum atomic E-state index is 4.34. The Morgan fingerprint density at radius 2 is 1.18 bits per heavy atom. The van der Waals surface area contributed by atoms with Crippen molar-refractivity contribution in [1.29, 1.82) is 0 Å². The SMILES string of the molecule is c1cc(-c2cccc(-n3c4ccccc4c4ccccc43)c2)cc(-c2cccc3c2sc2cnccc23)c1. The molecule has 3 aromatic heterocycles. The van der Waals surface area contributed by atoms with Crippen LogP contribution in [0.3, 0.4) is 0 Å². The summed E-state index contributed by atoms with van der Waals surface area (Å²) in [4.78, 5) is 4.34. The predicted molar refractivity (Wildman–Crippen MR) is 162 cm³/mol. The lowest BCUT2D eigenvalue weighted by Gasteiger charge is -2.11. The molecule has 0 radical (unpaired) electrons. The molecule has 5 aromatic carbocycles. The second-order valence-electron chi connectivity index (χ2n) is 9.66. The molecule has 38 heavy (non-hydrogen) atoms. The fraction of sp³-hybridized carbons (Fsp3) is 0. The molecular weight excluding hydrogens is 480 g/mol. The van der Waals surface area contributed by atoms with Crippen molar-refractivity contribution in [3.05, 3.63) is 134 Å². The van der Waals surface area contributed by atoms with Crippen LogP contribution in [0.1, 0.15) is 0 Å². The smallest absolute Gasteiger partial charge is 0.0541 e. The summed E-state index contributed by atoms with van der Waals surface area (Å²) >= 11 is 1.82. The number of pyridine rings is 1. The molecule has 0 unspecified atom stereocenters. The van der Waals surface area contributed by atoms with Crippen LogP contribution >= 0.6 is 11.3 Å². The molecule has 0 N–H and O–H groups in total. The van der Waals surface area contributed by atoms with Gasteiger partial charge in [0, 0.05) is 44.3 Å². The summed E-state index contributed by atoms with van der Waals surface area (Å²) in [5.41, 5.74) is 8.54. The van der Waals surface area contributed by atoms with Crippen molar-refractivity contribution in [2.24, 2.45) is 0 Å². The van der Waals surface area contributed by atoms with E-state index in [-0.39, 0.29) is 0 Å². The maximum absolute atomic E-state index is 4.34. The second kappa shape index (κ2) is 8.41. The summed E-state index contributed by atoms with van der Waals surface area (Å²) in [6.07, 6.45) is 3.85. The van der Waals surface area contributed by atoms with Crippen molar-refractivity contribution < 1.29 is 0 Å². The van der Waals surface area contributed by atoms with Gasteiger partial charge in [0.05, 0.1) is 15.7 Å². The molecule has 0 atom stereocenters. The zero-order valence-corrected chi connectivity index (χ0v) is 21.3. The predicted octanol–water partition coefficient (Wildman–Crippen LogP) is 9.88. The van der Waals surface area contributed by atoms with E-state index in [1.54, 1.807) is 0 Å². The van der Waals surface area contributed by atoms with Gasteiger partial charge in [-0.1, -0.05) is 84.9 Å². The third-order valence-corrected chi connectivity index (χ3v) is 8.68. The lowest BCUT2D eigenvalue weighted by atomic mass is 9.97. The van der Waals surface area contributed by atoms with Gasteiger partial charge in [-0.15, -0.1) is 11.3 Å². The molecule has 2 nitrogen and oxygen atoms in total. The Labute approximate surface area is 224 Å². The van der Waals surface area contributed by atoms with Gasteiger partial charge in [0.15, 0.2) is 0 Å². The molecule has 0 bridgehead atoms. The van der Waals surface area contributed by atoms with Crippen molar-refractivity contribution in [1.82, 2.24) is 9.55 Å². The Balaban J connectivity index is 1.28. The first-order chi connectivity index (χ1) is 18.8. The van der Waals surface area contributed by atoms with Crippen molar-refractivity contribution in [3.63, 3.8) is 0 Å². The molecule has 0 saturated carbocycles. The van der Waals surface area contributed by atoms with Gasteiger partial charge >= 0.3 is 0 Å². The van der Waals surface area contributed by atoms with E-state index in [0.717, 1.165) is 0 Å². The van der Waals surface area contributed by atoms with Crippen LogP contribution in [0.2, 0.25) is 0 Å². The molecule has 0 aliphatic carbocycles. The van der Waals surface area contributed by atoms with Gasteiger partial charge in [-0.2, -0.15) is 0 Å². The summed E-state index contributed by atoms with van der Waals surface area (Å²) in [6, 6.07) is 43.9. The van der Waals surface area contributed by atoms with Crippen molar-refractivity contribution in [2.75, 3.05) is 0 Å². The van der Waals surface area contributed by atoms with Crippen LogP contribution in [-0.2, 0) is 0 Å². The minimum absolute atomic E-state index is 1.17. The van der Waals surface area contributed by atoms with Crippen LogP contribution in [0, 0.1) is 0 Å². The molecule has 178 valence electrons. The first-order valence-electron chi connectivity index (χ1n) is 12.8. The zero-order valence-electron chi connectivity index (χ0n) is 20.5. The highest BCUT2D eigenvalue weighted by Gasteiger charge is 2.13. The highest BCUT2D eigenvalue weighted by atomic mass is 32.1. The summed E-state index contributed by atoms with van der Waals surface area (Å²) < 4.78 is 4.92. The minimum Gasteiger partial charge on any atom is -0.309 e. The van der Waals surface area contributed by atoms with Crippen LogP contribution in [-0.4, -0.2) is 9.55 Å². The van der Waals surface area contributed by atoms with Gasteiger partial charge in [0.1, 0.15) is 0 Å². The molecule has 0 fully saturated rings. The molecular formula is C35H22N2S. The second-order valence-corrected chi connectivity index (χ2v) is 10.7. The summed E-state index contributed by atoms with van der Waals surface area (Å²) in [6.45, 7) is 0. The van der Waals surface area contributed by atoms with E-state index in [9.17, 15) is 0 Å². The number of fused-ring (bicyclic) bond motifs is 6. The molecule has 3 heteroatoms. The number of nitrogens with zero attached hydrogens (tertiary/aromatic N) is 2. The first kappa shape index (κ1) is 21.4. The summed E-state index contributed by atoms with van der Waals surface area (Å²) in [5.74, 6) is 0. The van der Waals surface area contributed by atoms with E-state index >= 15 is 0 Å². The number of thiophene rings is 1. The lowest BCUT2D eigenvalue weighted by molar-refractivity contribution is 1.18. The maximum Gasteiger partial charge on any atom is 0.0541 e. The molecule has 3 heterocycles. The largest absolute Gasteiger partial charge is 0.309 e. The average molecular weight is 503 g/mol. The normalized spacial score (nSPS) is 11.7. The van der Waals surface area contributed by atoms with Gasteiger partial charge in [-0.25, -0.2) is 0 Å². The Morgan fingerprint density at radius 3 is 2.00 bits per heavy atom. The molecule has 0 saturated heterocycles. The van der Waals surface area contributed by atoms with E-state index in [1.165, 1.54) is 69.9 Å². The quantitative estimate of drug-likeness (QED) is 0.235. The Kier molecular flexibility index (Phi) is 4.73. The molecule has 0 aliphatic rings. The van der Waals surface area contributed by atoms with Crippen LogP contribution < -0.4 is 0 Å². The van der Waals surface area contributed by atoms with Gasteiger partial charge in [-0.05, 0) is 58.7 Å². The number of benzene rings is 5. The van der Waals surface area contributed by atoms with E-state index in [1.807, 2.05) is 23.7 Å². The standard InChI is InChI=1S/C35H22N2S/c1-3-16-32-28(12-1)29-13-2-4-17-33(29)37(32)26-11-6-9-24(21-26)23-8-5-10-25(20-23)27-14-7-15-31-30-18-19-36-22-34(30)38-35(27)31/h1-22H. The molecule has 8 rings (SSSR count). The van der Waals surface area contributed by atoms with E-state index in [4.69, 9.17) is 0 Å². The molecule has 0 aliphatic heterocycles.